The van der Waals surface area contributed by atoms with Gasteiger partial charge in [0.2, 0.25) is 0 Å². The number of hydrogen-bond donors (Lipinski definition) is 0. The first kappa shape index (κ1) is 12.9. The highest BCUT2D eigenvalue weighted by Crippen LogP contribution is 2.45. The molecule has 0 fully saturated rings. The minimum absolute atomic E-state index is 0.464. The molecule has 0 bridgehead atoms. The summed E-state index contributed by atoms with van der Waals surface area (Å²) in [7, 11) is 0. The van der Waals surface area contributed by atoms with E-state index < -0.39 is 304 Å². The fraction of sp³-hybridized carbons (Fsp3) is 0. The van der Waals surface area contributed by atoms with Crippen LogP contribution < -0.4 is 0 Å². The van der Waals surface area contributed by atoms with Gasteiger partial charge in [-0.2, -0.15) is 0 Å². The van der Waals surface area contributed by atoms with Gasteiger partial charge < -0.3 is 4.42 Å². The van der Waals surface area contributed by atoms with Gasteiger partial charge in [0, 0.05) is 33.6 Å². The largest absolute Gasteiger partial charge is 0.456 e. The van der Waals surface area contributed by atoms with Crippen LogP contribution >= 0.6 is 0 Å². The summed E-state index contributed by atoms with van der Waals surface area (Å²) in [4.78, 5) is 8.45. The van der Waals surface area contributed by atoms with Crippen molar-refractivity contribution in [3.05, 3.63) is 193 Å². The second-order valence-electron chi connectivity index (χ2n) is 11.6. The van der Waals surface area contributed by atoms with Crippen molar-refractivity contribution in [2.24, 2.45) is 0 Å². The third-order valence-corrected chi connectivity index (χ3v) is 8.64. The van der Waals surface area contributed by atoms with E-state index in [9.17, 15) is 19.2 Å². The SMILES string of the molecule is [2H]c1nc2c(c([2H])c1[2H])c([2H])c([2H])c1c([2H])c([2H])c(-c3c([2H])c([2H])c(-c4c([2H])c([2H])c([2H])c(-c5oc(-c6c7c([2H])c([2H])c([2H])c([2H])c7c(-c7c([2H])c([2H])c([2H])c([2H])c7[2H])c7c([2H])c([2H])c([2H])c([2H])c67)c([2H])c5[2H])c4[2H])c4c([2H])c([2H])c([2H])c([2H])c34)nc12. The summed E-state index contributed by atoms with van der Waals surface area (Å²) >= 11 is 0. The number of nitrogens with zero attached hydrogens (tertiary/aromatic N) is 2. The quantitative estimate of drug-likeness (QED) is 0.131. The second kappa shape index (κ2) is 12.6. The van der Waals surface area contributed by atoms with Crippen LogP contribution in [-0.2, 0) is 0 Å². The summed E-state index contributed by atoms with van der Waals surface area (Å²) < 4.78 is 294. The van der Waals surface area contributed by atoms with E-state index in [0.29, 0.717) is 0 Å². The molecule has 0 aliphatic carbocycles. The maximum Gasteiger partial charge on any atom is 0.136 e. The average molecular weight is 733 g/mol. The Hall–Kier alpha value is -7.36. The number of fused-ring (bicyclic) bond motifs is 6. The van der Waals surface area contributed by atoms with Gasteiger partial charge in [-0.05, 0) is 84.8 Å². The van der Waals surface area contributed by atoms with Crippen molar-refractivity contribution < 1.29 is 48.3 Å². The zero-order chi connectivity index (χ0) is 64.1. The van der Waals surface area contributed by atoms with Crippen LogP contribution in [0.1, 0.15) is 43.9 Å². The van der Waals surface area contributed by atoms with Gasteiger partial charge in [-0.1, -0.05) is 157 Å². The minimum Gasteiger partial charge on any atom is -0.456 e. The lowest BCUT2D eigenvalue weighted by molar-refractivity contribution is 0.598. The topological polar surface area (TPSA) is 38.9 Å². The number of pyridine rings is 2. The zero-order valence-corrected chi connectivity index (χ0v) is 27.3. The molecule has 8 aromatic carbocycles. The summed E-state index contributed by atoms with van der Waals surface area (Å²) in [5.41, 5.74) is -7.54. The first-order chi connectivity index (χ1) is 40.6. The van der Waals surface area contributed by atoms with Crippen molar-refractivity contribution in [1.82, 2.24) is 9.97 Å². The van der Waals surface area contributed by atoms with E-state index in [-0.39, 0.29) is 0 Å². The van der Waals surface area contributed by atoms with Crippen LogP contribution in [0.4, 0.5) is 0 Å². The normalized spacial score (nSPS) is 19.8. The molecule has 0 spiro atoms. The van der Waals surface area contributed by atoms with Crippen LogP contribution in [0.3, 0.4) is 0 Å². The highest BCUT2D eigenvalue weighted by Gasteiger charge is 2.19. The Bertz CT molecular complexity index is 5020. The monoisotopic (exact) mass is 732 g/mol. The molecule has 0 aliphatic rings. The Kier molecular flexibility index (Phi) is 2.97. The molecule has 0 amide bonds. The molecule has 0 saturated heterocycles. The number of benzene rings is 8. The van der Waals surface area contributed by atoms with Crippen molar-refractivity contribution in [1.29, 1.82) is 0 Å². The fourth-order valence-corrected chi connectivity index (χ4v) is 6.29. The molecule has 0 saturated carbocycles. The van der Waals surface area contributed by atoms with Gasteiger partial charge in [0.05, 0.1) is 60.6 Å². The molecule has 3 nitrogen and oxygen atoms in total. The molecule has 11 aromatic rings. The molecular weight excluding hydrogens is 669 g/mol. The van der Waals surface area contributed by atoms with Crippen LogP contribution in [-0.4, -0.2) is 9.97 Å². The second-order valence-corrected chi connectivity index (χ2v) is 11.6. The number of aromatic nitrogens is 2. The van der Waals surface area contributed by atoms with Crippen LogP contribution in [0.15, 0.2) is 198 Å². The summed E-state index contributed by atoms with van der Waals surface area (Å²) in [5.74, 6) is -1.98. The lowest BCUT2D eigenvalue weighted by Gasteiger charge is -2.16. The highest BCUT2D eigenvalue weighted by molar-refractivity contribution is 6.21. The highest BCUT2D eigenvalue weighted by atomic mass is 16.3. The third-order valence-electron chi connectivity index (χ3n) is 8.64. The Morgan fingerprint density at radius 3 is 1.69 bits per heavy atom. The third kappa shape index (κ3) is 5.13. The summed E-state index contributed by atoms with van der Waals surface area (Å²) in [5, 5.41) is -5.45. The van der Waals surface area contributed by atoms with E-state index in [1.165, 1.54) is 0 Å². The predicted molar refractivity (Wildman–Crippen MR) is 229 cm³/mol. The zero-order valence-electron chi connectivity index (χ0n) is 59.3. The van der Waals surface area contributed by atoms with E-state index >= 15 is 0 Å². The lowest BCUT2D eigenvalue weighted by atomic mass is 9.88. The smallest absolute Gasteiger partial charge is 0.136 e. The molecular formula is C52H32N2O. The van der Waals surface area contributed by atoms with E-state index in [1.807, 2.05) is 0 Å². The van der Waals surface area contributed by atoms with Gasteiger partial charge in [-0.25, -0.2) is 4.98 Å². The summed E-state index contributed by atoms with van der Waals surface area (Å²) in [6, 6.07) is -30.3. The molecule has 0 unspecified atom stereocenters. The molecule has 0 aliphatic heterocycles. The van der Waals surface area contributed by atoms with Gasteiger partial charge in [0.1, 0.15) is 11.5 Å². The van der Waals surface area contributed by atoms with Crippen molar-refractivity contribution in [2.45, 2.75) is 0 Å². The molecule has 3 heterocycles. The molecule has 0 atom stereocenters. The Morgan fingerprint density at radius 1 is 0.382 bits per heavy atom. The molecule has 0 N–H and O–H groups in total. The first-order valence-electron chi connectivity index (χ1n) is 32.1. The number of hydrogen-bond acceptors (Lipinski definition) is 3. The van der Waals surface area contributed by atoms with E-state index in [2.05, 4.69) is 9.97 Å². The molecule has 0 radical (unpaired) electrons. The Balaban J connectivity index is 1.27. The molecule has 55 heavy (non-hydrogen) atoms. The van der Waals surface area contributed by atoms with Gasteiger partial charge >= 0.3 is 0 Å². The average Bonchev–Trinajstić information content (AvgIpc) is 1.42. The maximum atomic E-state index is 9.78. The van der Waals surface area contributed by atoms with Gasteiger partial charge in [0.15, 0.2) is 0 Å². The van der Waals surface area contributed by atoms with Crippen molar-refractivity contribution in [3.8, 4) is 56.2 Å². The van der Waals surface area contributed by atoms with Crippen molar-refractivity contribution in [3.63, 3.8) is 0 Å². The van der Waals surface area contributed by atoms with Crippen LogP contribution in [0.5, 0.6) is 0 Å². The predicted octanol–water partition coefficient (Wildman–Crippen LogP) is 14.2. The Morgan fingerprint density at radius 2 is 0.945 bits per heavy atom. The van der Waals surface area contributed by atoms with Crippen LogP contribution in [0.25, 0.3) is 110 Å². The fourth-order valence-electron chi connectivity index (χ4n) is 6.29. The number of furan rings is 1. The number of rotatable bonds is 5. The maximum absolute atomic E-state index is 9.78. The standard InChI is InChI=1S/C52H32N2O/c1-2-12-33(13-3-1)49-42-19-6-8-21-44(42)50(45-22-9-7-20-43(45)49)48-30-29-47(55-48)37-15-10-14-36(32-37)38-26-27-41(40-18-5-4-17-39(38)40)46-28-25-35-24-23-34-16-11-31-53-51(34)52(35)54-46/h1-32H/i1D,2D,3D,4D,5D,6D,7D,8D,9D,10D,11D,12D,13D,14D,15D,16D,17D,18D,19D,20D,21D,22D,23D,24D,25D,26D,27D,28D,29D,30D,31D,32D. The Labute approximate surface area is 362 Å². The van der Waals surface area contributed by atoms with Crippen LogP contribution in [0.2, 0.25) is 0 Å². The van der Waals surface area contributed by atoms with Crippen molar-refractivity contribution >= 4 is 54.1 Å². The van der Waals surface area contributed by atoms with Gasteiger partial charge in [-0.15, -0.1) is 0 Å². The van der Waals surface area contributed by atoms with Crippen molar-refractivity contribution in [2.75, 3.05) is 0 Å². The van der Waals surface area contributed by atoms with E-state index in [1.54, 1.807) is 0 Å². The molecule has 256 valence electrons. The van der Waals surface area contributed by atoms with Gasteiger partial charge in [-0.3, -0.25) is 4.98 Å². The molecule has 3 aromatic heterocycles. The van der Waals surface area contributed by atoms with Gasteiger partial charge in [0.25, 0.3) is 0 Å². The summed E-state index contributed by atoms with van der Waals surface area (Å²) in [6.45, 7) is 0. The summed E-state index contributed by atoms with van der Waals surface area (Å²) in [6.07, 6.45) is -0.793. The van der Waals surface area contributed by atoms with Crippen LogP contribution in [0, 0.1) is 0 Å². The molecule has 11 rings (SSSR count). The van der Waals surface area contributed by atoms with E-state index in [0.717, 1.165) is 0 Å². The van der Waals surface area contributed by atoms with E-state index in [4.69, 9.17) is 29.1 Å². The lowest BCUT2D eigenvalue weighted by Crippen LogP contribution is -1.91. The first-order valence-corrected chi connectivity index (χ1v) is 16.1. The minimum atomic E-state index is -1.14. The molecule has 3 heteroatoms.